The van der Waals surface area contributed by atoms with Crippen molar-refractivity contribution < 1.29 is 4.74 Å². The van der Waals surface area contributed by atoms with Crippen molar-refractivity contribution in [1.29, 1.82) is 0 Å². The molecule has 1 aromatic carbocycles. The van der Waals surface area contributed by atoms with Crippen molar-refractivity contribution >= 4 is 11.5 Å². The molecule has 2 aromatic heterocycles. The third-order valence-electron chi connectivity index (χ3n) is 3.01. The summed E-state index contributed by atoms with van der Waals surface area (Å²) in [5.74, 6) is 1.12. The molecule has 0 aliphatic carbocycles. The fourth-order valence-electron chi connectivity index (χ4n) is 1.95. The van der Waals surface area contributed by atoms with Gasteiger partial charge in [0.15, 0.2) is 11.5 Å². The van der Waals surface area contributed by atoms with Gasteiger partial charge in [0.05, 0.1) is 12.8 Å². The number of ether oxygens (including phenoxy) is 1. The smallest absolute Gasteiger partial charge is 0.292 e. The van der Waals surface area contributed by atoms with Crippen molar-refractivity contribution in [3.8, 4) is 17.0 Å². The lowest BCUT2D eigenvalue weighted by molar-refractivity contribution is 0.415. The Morgan fingerprint density at radius 2 is 2.00 bits per heavy atom. The molecule has 0 aliphatic heterocycles. The predicted molar refractivity (Wildman–Crippen MR) is 81.8 cm³/mol. The number of azo groups is 1. The minimum absolute atomic E-state index is 0.193. The van der Waals surface area contributed by atoms with E-state index >= 15 is 0 Å². The second-order valence-corrected chi connectivity index (χ2v) is 4.42. The third kappa shape index (κ3) is 2.78. The largest absolute Gasteiger partial charge is 0.497 e. The van der Waals surface area contributed by atoms with E-state index in [1.54, 1.807) is 37.6 Å². The number of aromatic nitrogens is 3. The zero-order chi connectivity index (χ0) is 15.4. The van der Waals surface area contributed by atoms with E-state index in [-0.39, 0.29) is 11.2 Å². The highest BCUT2D eigenvalue weighted by Crippen LogP contribution is 2.28. The Bertz CT molecular complexity index is 852. The highest BCUT2D eigenvalue weighted by Gasteiger charge is 2.12. The molecule has 0 fully saturated rings. The van der Waals surface area contributed by atoms with E-state index in [9.17, 15) is 4.79 Å². The van der Waals surface area contributed by atoms with Crippen LogP contribution < -0.4 is 10.3 Å². The van der Waals surface area contributed by atoms with Gasteiger partial charge in [0.2, 0.25) is 0 Å². The van der Waals surface area contributed by atoms with Gasteiger partial charge in [-0.3, -0.25) is 15.0 Å². The zero-order valence-corrected chi connectivity index (χ0v) is 11.8. The molecule has 3 rings (SSSR count). The number of pyridine rings is 1. The maximum absolute atomic E-state index is 11.9. The maximum atomic E-state index is 11.9. The van der Waals surface area contributed by atoms with Gasteiger partial charge < -0.3 is 4.74 Å². The van der Waals surface area contributed by atoms with E-state index in [1.165, 1.54) is 0 Å². The number of hydrogen-bond acceptors (Lipinski definition) is 5. The first-order chi connectivity index (χ1) is 10.8. The zero-order valence-electron chi connectivity index (χ0n) is 11.8. The number of aromatic amines is 2. The maximum Gasteiger partial charge on any atom is 0.292 e. The van der Waals surface area contributed by atoms with Crippen LogP contribution in [-0.2, 0) is 0 Å². The van der Waals surface area contributed by atoms with Gasteiger partial charge in [-0.15, -0.1) is 10.2 Å². The summed E-state index contributed by atoms with van der Waals surface area (Å²) < 4.78 is 5.19. The molecule has 0 aliphatic rings. The summed E-state index contributed by atoms with van der Waals surface area (Å²) in [6.45, 7) is 0. The van der Waals surface area contributed by atoms with Gasteiger partial charge >= 0.3 is 0 Å². The van der Waals surface area contributed by atoms with Gasteiger partial charge in [0.1, 0.15) is 5.75 Å². The van der Waals surface area contributed by atoms with Crippen molar-refractivity contribution in [3.05, 3.63) is 59.0 Å². The van der Waals surface area contributed by atoms with Gasteiger partial charge in [-0.2, -0.15) is 0 Å². The molecule has 0 amide bonds. The lowest BCUT2D eigenvalue weighted by Crippen LogP contribution is -1.96. The van der Waals surface area contributed by atoms with Crippen molar-refractivity contribution in [2.45, 2.75) is 0 Å². The minimum atomic E-state index is -0.350. The van der Waals surface area contributed by atoms with E-state index in [1.807, 2.05) is 18.2 Å². The summed E-state index contributed by atoms with van der Waals surface area (Å²) in [6, 6.07) is 12.6. The standard InChI is InChI=1S/C15H13N5O2/c1-22-11-6-4-5-10(9-11)13-14(15(21)20-18-13)19-17-12-7-2-3-8-16-12/h2-9H,1H3,(H2,18,20,21). The Labute approximate surface area is 125 Å². The molecule has 3 aromatic rings. The topological polar surface area (TPSA) is 95.5 Å². The molecule has 2 N–H and O–H groups in total. The summed E-state index contributed by atoms with van der Waals surface area (Å²) in [6.07, 6.45) is 1.61. The predicted octanol–water partition coefficient (Wildman–Crippen LogP) is 3.19. The number of nitrogens with one attached hydrogen (secondary N) is 2. The number of hydrogen-bond donors (Lipinski definition) is 2. The van der Waals surface area contributed by atoms with Gasteiger partial charge in [0, 0.05) is 11.8 Å². The fourth-order valence-corrected chi connectivity index (χ4v) is 1.95. The summed E-state index contributed by atoms with van der Waals surface area (Å²) in [5.41, 5.74) is 1.16. The second kappa shape index (κ2) is 6.04. The molecule has 7 heteroatoms. The summed E-state index contributed by atoms with van der Waals surface area (Å²) in [5, 5.41) is 13.3. The average Bonchev–Trinajstić information content (AvgIpc) is 2.95. The summed E-state index contributed by atoms with van der Waals surface area (Å²) in [4.78, 5) is 15.9. The van der Waals surface area contributed by atoms with Crippen LogP contribution in [0.3, 0.4) is 0 Å². The van der Waals surface area contributed by atoms with Crippen LogP contribution in [0.5, 0.6) is 5.75 Å². The molecule has 110 valence electrons. The van der Waals surface area contributed by atoms with Crippen LogP contribution in [0.25, 0.3) is 11.3 Å². The van der Waals surface area contributed by atoms with Crippen molar-refractivity contribution in [2.24, 2.45) is 10.2 Å². The summed E-state index contributed by atoms with van der Waals surface area (Å²) in [7, 11) is 1.58. The summed E-state index contributed by atoms with van der Waals surface area (Å²) >= 11 is 0. The first-order valence-electron chi connectivity index (χ1n) is 6.56. The Hall–Kier alpha value is -3.22. The van der Waals surface area contributed by atoms with Crippen LogP contribution in [-0.4, -0.2) is 22.3 Å². The van der Waals surface area contributed by atoms with E-state index in [0.29, 0.717) is 17.3 Å². The third-order valence-corrected chi connectivity index (χ3v) is 3.01. The molecular formula is C15H13N5O2. The van der Waals surface area contributed by atoms with Gasteiger partial charge in [-0.25, -0.2) is 4.98 Å². The van der Waals surface area contributed by atoms with Crippen molar-refractivity contribution in [1.82, 2.24) is 15.2 Å². The number of nitrogens with zero attached hydrogens (tertiary/aromatic N) is 3. The van der Waals surface area contributed by atoms with Crippen LogP contribution in [0.15, 0.2) is 63.7 Å². The molecule has 0 radical (unpaired) electrons. The van der Waals surface area contributed by atoms with Gasteiger partial charge in [-0.1, -0.05) is 18.2 Å². The Balaban J connectivity index is 2.01. The van der Waals surface area contributed by atoms with Crippen molar-refractivity contribution in [2.75, 3.05) is 7.11 Å². The molecule has 0 unspecified atom stereocenters. The van der Waals surface area contributed by atoms with E-state index in [4.69, 9.17) is 4.74 Å². The van der Waals surface area contributed by atoms with E-state index in [2.05, 4.69) is 25.4 Å². The Morgan fingerprint density at radius 1 is 1.09 bits per heavy atom. The highest BCUT2D eigenvalue weighted by molar-refractivity contribution is 5.72. The molecule has 7 nitrogen and oxygen atoms in total. The highest BCUT2D eigenvalue weighted by atomic mass is 16.5. The fraction of sp³-hybridized carbons (Fsp3) is 0.0667. The van der Waals surface area contributed by atoms with Crippen molar-refractivity contribution in [3.63, 3.8) is 0 Å². The van der Waals surface area contributed by atoms with Crippen LogP contribution in [0.2, 0.25) is 0 Å². The molecule has 2 heterocycles. The molecule has 0 saturated carbocycles. The van der Waals surface area contributed by atoms with Crippen LogP contribution >= 0.6 is 0 Å². The van der Waals surface area contributed by atoms with Gasteiger partial charge in [-0.05, 0) is 24.3 Å². The first-order valence-corrected chi connectivity index (χ1v) is 6.56. The molecule has 0 atom stereocenters. The molecule has 0 bridgehead atoms. The minimum Gasteiger partial charge on any atom is -0.497 e. The van der Waals surface area contributed by atoms with Crippen LogP contribution in [0, 0.1) is 0 Å². The molecule has 22 heavy (non-hydrogen) atoms. The van der Waals surface area contributed by atoms with E-state index in [0.717, 1.165) is 5.56 Å². The first kappa shape index (κ1) is 13.7. The average molecular weight is 295 g/mol. The number of H-pyrrole nitrogens is 2. The Morgan fingerprint density at radius 3 is 2.77 bits per heavy atom. The number of rotatable bonds is 4. The van der Waals surface area contributed by atoms with Gasteiger partial charge in [0.25, 0.3) is 5.56 Å². The monoisotopic (exact) mass is 295 g/mol. The quantitative estimate of drug-likeness (QED) is 0.723. The van der Waals surface area contributed by atoms with Crippen LogP contribution in [0.4, 0.5) is 11.5 Å². The molecule has 0 saturated heterocycles. The van der Waals surface area contributed by atoms with E-state index < -0.39 is 0 Å². The second-order valence-electron chi connectivity index (χ2n) is 4.42. The lowest BCUT2D eigenvalue weighted by Gasteiger charge is -2.02. The number of methoxy groups -OCH3 is 1. The Kier molecular flexibility index (Phi) is 3.78. The van der Waals surface area contributed by atoms with Crippen LogP contribution in [0.1, 0.15) is 0 Å². The molecular weight excluding hydrogens is 282 g/mol. The SMILES string of the molecule is COc1cccc(-c2[nH][nH]c(=O)c2N=Nc2ccccn2)c1. The molecule has 0 spiro atoms. The lowest BCUT2D eigenvalue weighted by atomic mass is 10.1. The normalized spacial score (nSPS) is 11.0. The number of benzene rings is 1.